The first kappa shape index (κ1) is 16.7. The van der Waals surface area contributed by atoms with E-state index in [4.69, 9.17) is 17.3 Å². The van der Waals surface area contributed by atoms with E-state index in [9.17, 15) is 4.79 Å². The molecule has 0 saturated carbocycles. The van der Waals surface area contributed by atoms with E-state index in [0.29, 0.717) is 23.7 Å². The Bertz CT molecular complexity index is 374. The summed E-state index contributed by atoms with van der Waals surface area (Å²) in [6.45, 7) is 1.28. The third-order valence-electron chi connectivity index (χ3n) is 2.09. The molecule has 0 fully saturated rings. The van der Waals surface area contributed by atoms with Gasteiger partial charge in [-0.3, -0.25) is 4.79 Å². The molecule has 0 bridgehead atoms. The maximum atomic E-state index is 11.7. The van der Waals surface area contributed by atoms with Gasteiger partial charge < -0.3 is 11.1 Å². The molecule has 0 aliphatic heterocycles. The molecule has 0 saturated heterocycles. The normalized spacial score (nSPS) is 9.59. The molecule has 0 atom stereocenters. The third-order valence-corrected chi connectivity index (χ3v) is 3.02. The molecular weight excluding hydrogens is 327 g/mol. The largest absolute Gasteiger partial charge is 0.352 e. The highest BCUT2D eigenvalue weighted by Gasteiger charge is 2.09. The van der Waals surface area contributed by atoms with Crippen molar-refractivity contribution < 1.29 is 4.79 Å². The summed E-state index contributed by atoms with van der Waals surface area (Å²) in [4.78, 5) is 11.7. The first-order valence-corrected chi connectivity index (χ1v) is 6.25. The van der Waals surface area contributed by atoms with E-state index in [1.807, 2.05) is 0 Å². The highest BCUT2D eigenvalue weighted by atomic mass is 79.9. The van der Waals surface area contributed by atoms with Crippen molar-refractivity contribution in [3.05, 3.63) is 33.3 Å². The number of carbonyl (C=O) groups is 1. The molecular formula is C11H15BrCl2N2O. The summed E-state index contributed by atoms with van der Waals surface area (Å²) in [5.41, 5.74) is 5.92. The molecule has 0 unspecified atom stereocenters. The van der Waals surface area contributed by atoms with Gasteiger partial charge in [0.25, 0.3) is 5.91 Å². The number of benzene rings is 1. The standard InChI is InChI=1S/C11H14BrClN2O.ClH/c12-10-4-3-8(13)7-9(10)11(16)15-6-2-1-5-14;/h3-4,7H,1-2,5-6,14H2,(H,15,16);1H. The summed E-state index contributed by atoms with van der Waals surface area (Å²) < 4.78 is 0.744. The van der Waals surface area contributed by atoms with Gasteiger partial charge in [-0.25, -0.2) is 0 Å². The zero-order valence-electron chi connectivity index (χ0n) is 9.21. The van der Waals surface area contributed by atoms with Crippen LogP contribution in [0.25, 0.3) is 0 Å². The van der Waals surface area contributed by atoms with Gasteiger partial charge in [-0.05, 0) is 53.5 Å². The molecule has 17 heavy (non-hydrogen) atoms. The first-order chi connectivity index (χ1) is 7.65. The van der Waals surface area contributed by atoms with Crippen LogP contribution in [-0.4, -0.2) is 19.0 Å². The van der Waals surface area contributed by atoms with E-state index >= 15 is 0 Å². The van der Waals surface area contributed by atoms with Crippen LogP contribution in [0.5, 0.6) is 0 Å². The van der Waals surface area contributed by atoms with E-state index in [1.54, 1.807) is 18.2 Å². The number of amides is 1. The SMILES string of the molecule is Cl.NCCCCNC(=O)c1cc(Cl)ccc1Br. The average Bonchev–Trinajstić information content (AvgIpc) is 2.27. The van der Waals surface area contributed by atoms with Crippen LogP contribution in [0.2, 0.25) is 5.02 Å². The van der Waals surface area contributed by atoms with Crippen LogP contribution in [0.4, 0.5) is 0 Å². The monoisotopic (exact) mass is 340 g/mol. The van der Waals surface area contributed by atoms with Gasteiger partial charge in [0.2, 0.25) is 0 Å². The molecule has 0 radical (unpaired) electrons. The molecule has 0 aliphatic rings. The molecule has 1 aromatic carbocycles. The predicted molar refractivity (Wildman–Crippen MR) is 77.0 cm³/mol. The maximum Gasteiger partial charge on any atom is 0.252 e. The minimum absolute atomic E-state index is 0. The number of halogens is 3. The van der Waals surface area contributed by atoms with Crippen LogP contribution in [-0.2, 0) is 0 Å². The fraction of sp³-hybridized carbons (Fsp3) is 0.364. The van der Waals surface area contributed by atoms with Crippen LogP contribution in [0.15, 0.2) is 22.7 Å². The second kappa shape index (κ2) is 8.75. The van der Waals surface area contributed by atoms with Gasteiger partial charge >= 0.3 is 0 Å². The van der Waals surface area contributed by atoms with Crippen molar-refractivity contribution in [3.63, 3.8) is 0 Å². The minimum Gasteiger partial charge on any atom is -0.352 e. The van der Waals surface area contributed by atoms with Crippen LogP contribution in [0.3, 0.4) is 0 Å². The summed E-state index contributed by atoms with van der Waals surface area (Å²) in [6, 6.07) is 5.14. The highest BCUT2D eigenvalue weighted by Crippen LogP contribution is 2.20. The van der Waals surface area contributed by atoms with Crippen LogP contribution < -0.4 is 11.1 Å². The van der Waals surface area contributed by atoms with Crippen LogP contribution >= 0.6 is 39.9 Å². The van der Waals surface area contributed by atoms with Gasteiger partial charge in [-0.1, -0.05) is 11.6 Å². The van der Waals surface area contributed by atoms with E-state index in [2.05, 4.69) is 21.2 Å². The lowest BCUT2D eigenvalue weighted by molar-refractivity contribution is 0.0952. The number of hydrogen-bond donors (Lipinski definition) is 2. The number of nitrogens with two attached hydrogens (primary N) is 1. The molecule has 3 nitrogen and oxygen atoms in total. The predicted octanol–water partition coefficient (Wildman–Crippen LogP) is 2.99. The molecule has 96 valence electrons. The Morgan fingerprint density at radius 2 is 2.12 bits per heavy atom. The summed E-state index contributed by atoms with van der Waals surface area (Å²) in [5.74, 6) is -0.119. The molecule has 0 spiro atoms. The lowest BCUT2D eigenvalue weighted by Gasteiger charge is -2.06. The lowest BCUT2D eigenvalue weighted by atomic mass is 10.2. The Morgan fingerprint density at radius 3 is 2.76 bits per heavy atom. The summed E-state index contributed by atoms with van der Waals surface area (Å²) >= 11 is 9.14. The van der Waals surface area contributed by atoms with Gasteiger partial charge in [-0.2, -0.15) is 0 Å². The van der Waals surface area contributed by atoms with Crippen molar-refractivity contribution in [3.8, 4) is 0 Å². The van der Waals surface area contributed by atoms with Crippen molar-refractivity contribution in [1.29, 1.82) is 0 Å². The fourth-order valence-corrected chi connectivity index (χ4v) is 1.84. The number of rotatable bonds is 5. The fourth-order valence-electron chi connectivity index (χ4n) is 1.24. The maximum absolute atomic E-state index is 11.7. The van der Waals surface area contributed by atoms with E-state index in [0.717, 1.165) is 17.3 Å². The molecule has 1 rings (SSSR count). The Hall–Kier alpha value is -0.290. The average molecular weight is 342 g/mol. The molecule has 1 amide bonds. The highest BCUT2D eigenvalue weighted by molar-refractivity contribution is 9.10. The quantitative estimate of drug-likeness (QED) is 0.809. The summed E-state index contributed by atoms with van der Waals surface area (Å²) in [6.07, 6.45) is 1.80. The van der Waals surface area contributed by atoms with Crippen molar-refractivity contribution in [2.45, 2.75) is 12.8 Å². The Balaban J connectivity index is 0.00000256. The van der Waals surface area contributed by atoms with E-state index in [1.165, 1.54) is 0 Å². The number of hydrogen-bond acceptors (Lipinski definition) is 2. The lowest BCUT2D eigenvalue weighted by Crippen LogP contribution is -2.25. The van der Waals surface area contributed by atoms with Crippen LogP contribution in [0.1, 0.15) is 23.2 Å². The smallest absolute Gasteiger partial charge is 0.252 e. The Kier molecular flexibility index (Phi) is 8.60. The van der Waals surface area contributed by atoms with E-state index in [-0.39, 0.29) is 18.3 Å². The van der Waals surface area contributed by atoms with Crippen LogP contribution in [0, 0.1) is 0 Å². The topological polar surface area (TPSA) is 55.1 Å². The second-order valence-corrected chi connectivity index (χ2v) is 4.67. The van der Waals surface area contributed by atoms with Crippen molar-refractivity contribution in [2.75, 3.05) is 13.1 Å². The van der Waals surface area contributed by atoms with Gasteiger partial charge in [0.1, 0.15) is 0 Å². The second-order valence-electron chi connectivity index (χ2n) is 3.38. The van der Waals surface area contributed by atoms with Gasteiger partial charge in [0.15, 0.2) is 0 Å². The molecule has 6 heteroatoms. The Labute approximate surface area is 121 Å². The van der Waals surface area contributed by atoms with Gasteiger partial charge in [-0.15, -0.1) is 12.4 Å². The number of carbonyl (C=O) groups excluding carboxylic acids is 1. The first-order valence-electron chi connectivity index (χ1n) is 5.08. The van der Waals surface area contributed by atoms with E-state index < -0.39 is 0 Å². The van der Waals surface area contributed by atoms with Crippen molar-refractivity contribution in [2.24, 2.45) is 5.73 Å². The summed E-state index contributed by atoms with van der Waals surface area (Å²) in [7, 11) is 0. The third kappa shape index (κ3) is 5.73. The molecule has 0 heterocycles. The number of unbranched alkanes of at least 4 members (excludes halogenated alkanes) is 1. The zero-order chi connectivity index (χ0) is 12.0. The molecule has 3 N–H and O–H groups in total. The Morgan fingerprint density at radius 1 is 1.41 bits per heavy atom. The van der Waals surface area contributed by atoms with Crippen molar-refractivity contribution >= 4 is 45.8 Å². The van der Waals surface area contributed by atoms with Gasteiger partial charge in [0, 0.05) is 16.0 Å². The summed E-state index contributed by atoms with van der Waals surface area (Å²) in [5, 5.41) is 3.37. The molecule has 0 aliphatic carbocycles. The molecule has 1 aromatic rings. The molecule has 0 aromatic heterocycles. The zero-order valence-corrected chi connectivity index (χ0v) is 12.4. The van der Waals surface area contributed by atoms with Gasteiger partial charge in [0.05, 0.1) is 5.56 Å². The van der Waals surface area contributed by atoms with Crippen molar-refractivity contribution in [1.82, 2.24) is 5.32 Å². The number of nitrogens with one attached hydrogen (secondary N) is 1. The minimum atomic E-state index is -0.119.